The zero-order chi connectivity index (χ0) is 16.7. The molecular weight excluding hydrogens is 355 g/mol. The van der Waals surface area contributed by atoms with Gasteiger partial charge in [-0.2, -0.15) is 0 Å². The molecule has 132 valence electrons. The largest absolute Gasteiger partial charge is 0.330 e. The highest BCUT2D eigenvalue weighted by molar-refractivity contribution is 6.31. The van der Waals surface area contributed by atoms with E-state index in [0.717, 1.165) is 41.5 Å². The molecule has 2 N–H and O–H groups in total. The van der Waals surface area contributed by atoms with Gasteiger partial charge in [0.25, 0.3) is 0 Å². The third-order valence-electron chi connectivity index (χ3n) is 4.97. The second-order valence-electron chi connectivity index (χ2n) is 6.60. The van der Waals surface area contributed by atoms with Gasteiger partial charge in [0.1, 0.15) is 5.82 Å². The number of nitrogens with two attached hydrogens (primary N) is 1. The number of hydrogen-bond acceptors (Lipinski definition) is 3. The summed E-state index contributed by atoms with van der Waals surface area (Å²) in [5.41, 5.74) is 9.78. The van der Waals surface area contributed by atoms with Crippen molar-refractivity contribution in [3.05, 3.63) is 64.9 Å². The Morgan fingerprint density at radius 1 is 1.16 bits per heavy atom. The lowest BCUT2D eigenvalue weighted by Crippen LogP contribution is -2.29. The Kier molecular flexibility index (Phi) is 5.35. The Hall–Kier alpha value is -1.59. The van der Waals surface area contributed by atoms with E-state index in [9.17, 15) is 0 Å². The number of hydrogen-bond donors (Lipinski definition) is 1. The maximum absolute atomic E-state index is 6.40. The smallest absolute Gasteiger partial charge is 0.123 e. The Labute approximate surface area is 159 Å². The van der Waals surface area contributed by atoms with Crippen LogP contribution < -0.4 is 5.73 Å². The van der Waals surface area contributed by atoms with Crippen LogP contribution >= 0.6 is 24.0 Å². The van der Waals surface area contributed by atoms with E-state index in [-0.39, 0.29) is 18.4 Å². The number of benzene rings is 2. The van der Waals surface area contributed by atoms with Crippen LogP contribution in [0.5, 0.6) is 0 Å². The van der Waals surface area contributed by atoms with Crippen molar-refractivity contribution in [3.8, 4) is 0 Å². The third-order valence-corrected chi connectivity index (χ3v) is 5.20. The van der Waals surface area contributed by atoms with Gasteiger partial charge in [0.15, 0.2) is 0 Å². The van der Waals surface area contributed by atoms with E-state index in [4.69, 9.17) is 22.3 Å². The van der Waals surface area contributed by atoms with Gasteiger partial charge in [0, 0.05) is 37.1 Å². The first kappa shape index (κ1) is 18.2. The Morgan fingerprint density at radius 3 is 2.68 bits per heavy atom. The van der Waals surface area contributed by atoms with Crippen molar-refractivity contribution in [1.29, 1.82) is 0 Å². The summed E-state index contributed by atoms with van der Waals surface area (Å²) >= 11 is 6.08. The minimum Gasteiger partial charge on any atom is -0.330 e. The van der Waals surface area contributed by atoms with Gasteiger partial charge in [-0.3, -0.25) is 4.90 Å². The first-order chi connectivity index (χ1) is 11.6. The summed E-state index contributed by atoms with van der Waals surface area (Å²) < 4.78 is 2.15. The fourth-order valence-corrected chi connectivity index (χ4v) is 3.83. The van der Waals surface area contributed by atoms with Crippen molar-refractivity contribution in [2.45, 2.75) is 18.5 Å². The molecule has 1 saturated heterocycles. The predicted octanol–water partition coefficient (Wildman–Crippen LogP) is 3.58. The molecule has 0 bridgehead atoms. The highest BCUT2D eigenvalue weighted by Crippen LogP contribution is 2.28. The van der Waals surface area contributed by atoms with E-state index in [2.05, 4.69) is 40.8 Å². The van der Waals surface area contributed by atoms with Crippen LogP contribution in [0.3, 0.4) is 0 Å². The lowest BCUT2D eigenvalue weighted by molar-refractivity contribution is 0.312. The SMILES string of the molecule is Cl.Cn1c(CN2C[C@@H](N)[C@H](c3ccccc3)C2)nc2cc(Cl)ccc21. The molecule has 0 amide bonds. The quantitative estimate of drug-likeness (QED) is 0.759. The van der Waals surface area contributed by atoms with Crippen molar-refractivity contribution in [1.82, 2.24) is 14.5 Å². The zero-order valence-electron chi connectivity index (χ0n) is 14.1. The molecule has 1 aliphatic heterocycles. The lowest BCUT2D eigenvalue weighted by Gasteiger charge is -2.16. The van der Waals surface area contributed by atoms with Crippen LogP contribution in [0.25, 0.3) is 11.0 Å². The molecule has 2 heterocycles. The van der Waals surface area contributed by atoms with E-state index < -0.39 is 0 Å². The molecule has 2 atom stereocenters. The number of imidazole rings is 1. The molecule has 2 aromatic carbocycles. The normalized spacial score (nSPS) is 20.8. The number of aromatic nitrogens is 2. The van der Waals surface area contributed by atoms with Crippen molar-refractivity contribution in [2.75, 3.05) is 13.1 Å². The maximum Gasteiger partial charge on any atom is 0.123 e. The third kappa shape index (κ3) is 3.53. The monoisotopic (exact) mass is 376 g/mol. The summed E-state index contributed by atoms with van der Waals surface area (Å²) in [4.78, 5) is 7.15. The second-order valence-corrected chi connectivity index (χ2v) is 7.03. The average molecular weight is 377 g/mol. The summed E-state index contributed by atoms with van der Waals surface area (Å²) in [6.45, 7) is 2.67. The molecule has 1 aromatic heterocycles. The van der Waals surface area contributed by atoms with Crippen molar-refractivity contribution in [3.63, 3.8) is 0 Å². The van der Waals surface area contributed by atoms with Gasteiger partial charge < -0.3 is 10.3 Å². The maximum atomic E-state index is 6.40. The molecule has 6 heteroatoms. The number of nitrogens with zero attached hydrogens (tertiary/aromatic N) is 3. The topological polar surface area (TPSA) is 47.1 Å². The molecule has 4 nitrogen and oxygen atoms in total. The van der Waals surface area contributed by atoms with Crippen LogP contribution in [-0.4, -0.2) is 33.6 Å². The highest BCUT2D eigenvalue weighted by Gasteiger charge is 2.31. The Bertz CT molecular complexity index is 862. The average Bonchev–Trinajstić information content (AvgIpc) is 3.09. The molecule has 25 heavy (non-hydrogen) atoms. The molecule has 1 aliphatic rings. The van der Waals surface area contributed by atoms with Gasteiger partial charge in [-0.05, 0) is 23.8 Å². The van der Waals surface area contributed by atoms with Gasteiger partial charge >= 0.3 is 0 Å². The van der Waals surface area contributed by atoms with Crippen LogP contribution in [0, 0.1) is 0 Å². The highest BCUT2D eigenvalue weighted by atomic mass is 35.5. The number of rotatable bonds is 3. The van der Waals surface area contributed by atoms with Gasteiger partial charge in [-0.1, -0.05) is 41.9 Å². The fraction of sp³-hybridized carbons (Fsp3) is 0.316. The van der Waals surface area contributed by atoms with Crippen molar-refractivity contribution in [2.24, 2.45) is 12.8 Å². The van der Waals surface area contributed by atoms with Gasteiger partial charge in [-0.15, -0.1) is 12.4 Å². The first-order valence-corrected chi connectivity index (χ1v) is 8.63. The standard InChI is InChI=1S/C19H21ClN4.ClH/c1-23-18-8-7-14(20)9-17(18)22-19(23)12-24-10-15(16(21)11-24)13-5-3-2-4-6-13;/h2-9,15-16H,10-12,21H2,1H3;1H/t15-,16+;/m0./s1. The molecule has 0 saturated carbocycles. The molecular formula is C19H22Cl2N4. The van der Waals surface area contributed by atoms with Crippen LogP contribution in [0.2, 0.25) is 5.02 Å². The molecule has 0 unspecified atom stereocenters. The van der Waals surface area contributed by atoms with Crippen LogP contribution in [0.15, 0.2) is 48.5 Å². The van der Waals surface area contributed by atoms with Crippen LogP contribution in [-0.2, 0) is 13.6 Å². The summed E-state index contributed by atoms with van der Waals surface area (Å²) in [7, 11) is 2.06. The number of aryl methyl sites for hydroxylation is 1. The van der Waals surface area contributed by atoms with Gasteiger partial charge in [-0.25, -0.2) is 4.98 Å². The van der Waals surface area contributed by atoms with Crippen LogP contribution in [0.4, 0.5) is 0 Å². The summed E-state index contributed by atoms with van der Waals surface area (Å²) in [6.07, 6.45) is 0. The van der Waals surface area contributed by atoms with E-state index in [1.807, 2.05) is 24.3 Å². The van der Waals surface area contributed by atoms with E-state index in [0.29, 0.717) is 5.92 Å². The summed E-state index contributed by atoms with van der Waals surface area (Å²) in [6, 6.07) is 16.6. The number of fused-ring (bicyclic) bond motifs is 1. The number of likely N-dealkylation sites (tertiary alicyclic amines) is 1. The molecule has 0 spiro atoms. The summed E-state index contributed by atoms with van der Waals surface area (Å²) in [5, 5.41) is 0.722. The van der Waals surface area contributed by atoms with E-state index in [1.165, 1.54) is 5.56 Å². The Balaban J connectivity index is 0.00000182. The molecule has 4 rings (SSSR count). The molecule has 0 aliphatic carbocycles. The van der Waals surface area contributed by atoms with E-state index >= 15 is 0 Å². The summed E-state index contributed by atoms with van der Waals surface area (Å²) in [5.74, 6) is 1.43. The Morgan fingerprint density at radius 2 is 1.92 bits per heavy atom. The van der Waals surface area contributed by atoms with Crippen LogP contribution in [0.1, 0.15) is 17.3 Å². The minimum atomic E-state index is 0. The molecule has 0 radical (unpaired) electrons. The molecule has 3 aromatic rings. The van der Waals surface area contributed by atoms with Gasteiger partial charge in [0.2, 0.25) is 0 Å². The number of halogens is 2. The minimum absolute atomic E-state index is 0. The zero-order valence-corrected chi connectivity index (χ0v) is 15.7. The van der Waals surface area contributed by atoms with Crippen molar-refractivity contribution >= 4 is 35.0 Å². The lowest BCUT2D eigenvalue weighted by atomic mass is 9.95. The second kappa shape index (κ2) is 7.34. The van der Waals surface area contributed by atoms with E-state index in [1.54, 1.807) is 0 Å². The predicted molar refractivity (Wildman–Crippen MR) is 105 cm³/mol. The first-order valence-electron chi connectivity index (χ1n) is 8.25. The fourth-order valence-electron chi connectivity index (χ4n) is 3.66. The molecule has 1 fully saturated rings. The van der Waals surface area contributed by atoms with Crippen molar-refractivity contribution < 1.29 is 0 Å². The van der Waals surface area contributed by atoms with Gasteiger partial charge in [0.05, 0.1) is 17.6 Å².